The highest BCUT2D eigenvalue weighted by Gasteiger charge is 2.10. The Hall–Kier alpha value is -1.02. The second-order valence-corrected chi connectivity index (χ2v) is 5.73. The molecule has 1 rings (SSSR count). The van der Waals surface area contributed by atoms with E-state index in [-0.39, 0.29) is 6.10 Å². The second kappa shape index (κ2) is 7.54. The van der Waals surface area contributed by atoms with Crippen LogP contribution in [0.3, 0.4) is 0 Å². The van der Waals surface area contributed by atoms with Gasteiger partial charge in [-0.3, -0.25) is 0 Å². The lowest BCUT2D eigenvalue weighted by molar-refractivity contribution is 0.210. The van der Waals surface area contributed by atoms with E-state index < -0.39 is 0 Å². The van der Waals surface area contributed by atoms with Crippen LogP contribution in [0.2, 0.25) is 0 Å². The summed E-state index contributed by atoms with van der Waals surface area (Å²) in [6.07, 6.45) is 2.63. The van der Waals surface area contributed by atoms with Crippen molar-refractivity contribution in [3.05, 3.63) is 28.8 Å². The number of ether oxygens (including phenoxy) is 1. The first-order valence-electron chi connectivity index (χ1n) is 7.42. The lowest BCUT2D eigenvalue weighted by Gasteiger charge is -2.21. The molecule has 0 aromatic heterocycles. The van der Waals surface area contributed by atoms with E-state index in [2.05, 4.69) is 59.0 Å². The Kier molecular flexibility index (Phi) is 6.36. The van der Waals surface area contributed by atoms with E-state index in [9.17, 15) is 0 Å². The molecule has 2 nitrogen and oxygen atoms in total. The molecule has 2 atom stereocenters. The fourth-order valence-electron chi connectivity index (χ4n) is 2.28. The molecule has 0 amide bonds. The molecule has 0 fully saturated rings. The Morgan fingerprint density at radius 2 is 1.84 bits per heavy atom. The minimum absolute atomic E-state index is 0.194. The van der Waals surface area contributed by atoms with Crippen LogP contribution in [0.15, 0.2) is 12.1 Å². The van der Waals surface area contributed by atoms with Crippen molar-refractivity contribution in [2.75, 3.05) is 6.54 Å². The maximum Gasteiger partial charge on any atom is 0.123 e. The Bertz CT molecular complexity index is 400. The van der Waals surface area contributed by atoms with Crippen LogP contribution in [0.4, 0.5) is 0 Å². The second-order valence-electron chi connectivity index (χ2n) is 5.73. The zero-order valence-corrected chi connectivity index (χ0v) is 13.3. The van der Waals surface area contributed by atoms with Crippen molar-refractivity contribution in [3.63, 3.8) is 0 Å². The molecule has 0 aliphatic carbocycles. The summed E-state index contributed by atoms with van der Waals surface area (Å²) >= 11 is 0. The van der Waals surface area contributed by atoms with Gasteiger partial charge in [0.15, 0.2) is 0 Å². The minimum atomic E-state index is 0.194. The van der Waals surface area contributed by atoms with Gasteiger partial charge in [-0.25, -0.2) is 0 Å². The van der Waals surface area contributed by atoms with Gasteiger partial charge in [0.25, 0.3) is 0 Å². The molecule has 0 spiro atoms. The molecule has 0 bridgehead atoms. The van der Waals surface area contributed by atoms with Crippen LogP contribution in [-0.2, 0) is 0 Å². The number of aryl methyl sites for hydroxylation is 2. The van der Waals surface area contributed by atoms with E-state index in [1.807, 2.05) is 0 Å². The fourth-order valence-corrected chi connectivity index (χ4v) is 2.28. The van der Waals surface area contributed by atoms with Crippen molar-refractivity contribution in [1.29, 1.82) is 0 Å². The minimum Gasteiger partial charge on any atom is -0.489 e. The highest BCUT2D eigenvalue weighted by atomic mass is 16.5. The van der Waals surface area contributed by atoms with Gasteiger partial charge in [0.05, 0.1) is 0 Å². The van der Waals surface area contributed by atoms with Crippen molar-refractivity contribution in [1.82, 2.24) is 5.32 Å². The normalized spacial score (nSPS) is 14.2. The molecule has 2 heteroatoms. The van der Waals surface area contributed by atoms with Gasteiger partial charge in [0.2, 0.25) is 0 Å². The van der Waals surface area contributed by atoms with Crippen molar-refractivity contribution in [3.8, 4) is 5.75 Å². The summed E-state index contributed by atoms with van der Waals surface area (Å²) in [7, 11) is 0. The zero-order chi connectivity index (χ0) is 14.4. The average Bonchev–Trinajstić information content (AvgIpc) is 2.33. The molecule has 19 heavy (non-hydrogen) atoms. The van der Waals surface area contributed by atoms with Crippen LogP contribution in [0.5, 0.6) is 5.75 Å². The van der Waals surface area contributed by atoms with Crippen LogP contribution in [-0.4, -0.2) is 18.7 Å². The fraction of sp³-hybridized carbons (Fsp3) is 0.647. The topological polar surface area (TPSA) is 21.3 Å². The van der Waals surface area contributed by atoms with E-state index in [0.717, 1.165) is 12.3 Å². The molecule has 0 saturated carbocycles. The van der Waals surface area contributed by atoms with Gasteiger partial charge in [-0.2, -0.15) is 0 Å². The predicted molar refractivity (Wildman–Crippen MR) is 83.1 cm³/mol. The van der Waals surface area contributed by atoms with Crippen molar-refractivity contribution < 1.29 is 4.74 Å². The molecule has 108 valence electrons. The van der Waals surface area contributed by atoms with Gasteiger partial charge in [-0.1, -0.05) is 19.4 Å². The SMILES string of the molecule is CCCC(C)NCC(C)Oc1cc(C)cc(C)c1C. The third-order valence-electron chi connectivity index (χ3n) is 3.57. The third kappa shape index (κ3) is 5.23. The zero-order valence-electron chi connectivity index (χ0n) is 13.3. The quantitative estimate of drug-likeness (QED) is 0.797. The molecule has 0 saturated heterocycles. The number of hydrogen-bond acceptors (Lipinski definition) is 2. The lowest BCUT2D eigenvalue weighted by Crippen LogP contribution is -2.35. The van der Waals surface area contributed by atoms with Crippen LogP contribution in [0.25, 0.3) is 0 Å². The van der Waals surface area contributed by atoms with Crippen molar-refractivity contribution in [2.45, 2.75) is 66.5 Å². The number of hydrogen-bond donors (Lipinski definition) is 1. The molecule has 1 aromatic rings. The number of rotatable bonds is 7. The lowest BCUT2D eigenvalue weighted by atomic mass is 10.1. The largest absolute Gasteiger partial charge is 0.489 e. The van der Waals surface area contributed by atoms with Gasteiger partial charge in [0, 0.05) is 12.6 Å². The first-order chi connectivity index (χ1) is 8.93. The van der Waals surface area contributed by atoms with Gasteiger partial charge in [0.1, 0.15) is 11.9 Å². The van der Waals surface area contributed by atoms with E-state index in [1.54, 1.807) is 0 Å². The molecular formula is C17H29NO. The van der Waals surface area contributed by atoms with Gasteiger partial charge < -0.3 is 10.1 Å². The smallest absolute Gasteiger partial charge is 0.123 e. The molecule has 1 aromatic carbocycles. The summed E-state index contributed by atoms with van der Waals surface area (Å²) in [6.45, 7) is 13.9. The predicted octanol–water partition coefficient (Wildman–Crippen LogP) is 4.16. The van der Waals surface area contributed by atoms with E-state index >= 15 is 0 Å². The van der Waals surface area contributed by atoms with Crippen molar-refractivity contribution >= 4 is 0 Å². The Morgan fingerprint density at radius 1 is 1.16 bits per heavy atom. The molecule has 0 aliphatic heterocycles. The summed E-state index contributed by atoms with van der Waals surface area (Å²) in [6, 6.07) is 4.90. The van der Waals surface area contributed by atoms with Crippen LogP contribution < -0.4 is 10.1 Å². The highest BCUT2D eigenvalue weighted by molar-refractivity contribution is 5.42. The Balaban J connectivity index is 2.55. The van der Waals surface area contributed by atoms with E-state index in [1.165, 1.54) is 29.5 Å². The van der Waals surface area contributed by atoms with Gasteiger partial charge in [-0.05, 0) is 63.8 Å². The maximum absolute atomic E-state index is 6.07. The summed E-state index contributed by atoms with van der Waals surface area (Å²) < 4.78 is 6.07. The Labute approximate surface area is 118 Å². The third-order valence-corrected chi connectivity index (χ3v) is 3.57. The number of nitrogens with one attached hydrogen (secondary N) is 1. The summed E-state index contributed by atoms with van der Waals surface area (Å²) in [4.78, 5) is 0. The van der Waals surface area contributed by atoms with E-state index in [4.69, 9.17) is 4.74 Å². The van der Waals surface area contributed by atoms with E-state index in [0.29, 0.717) is 6.04 Å². The van der Waals surface area contributed by atoms with Gasteiger partial charge in [-0.15, -0.1) is 0 Å². The standard InChI is InChI=1S/C17H29NO/c1-7-8-14(4)18-11-15(5)19-17-10-12(2)9-13(3)16(17)6/h9-10,14-15,18H,7-8,11H2,1-6H3. The first-order valence-corrected chi connectivity index (χ1v) is 7.42. The molecule has 0 heterocycles. The van der Waals surface area contributed by atoms with Crippen LogP contribution >= 0.6 is 0 Å². The summed E-state index contributed by atoms with van der Waals surface area (Å²) in [5.41, 5.74) is 3.81. The molecule has 0 radical (unpaired) electrons. The molecule has 0 aliphatic rings. The van der Waals surface area contributed by atoms with Crippen LogP contribution in [0.1, 0.15) is 50.3 Å². The summed E-state index contributed by atoms with van der Waals surface area (Å²) in [5, 5.41) is 3.53. The molecule has 2 unspecified atom stereocenters. The van der Waals surface area contributed by atoms with Gasteiger partial charge >= 0.3 is 0 Å². The first kappa shape index (κ1) is 16.0. The Morgan fingerprint density at radius 3 is 2.47 bits per heavy atom. The van der Waals surface area contributed by atoms with Crippen molar-refractivity contribution in [2.24, 2.45) is 0 Å². The highest BCUT2D eigenvalue weighted by Crippen LogP contribution is 2.24. The molecule has 1 N–H and O–H groups in total. The number of benzene rings is 1. The van der Waals surface area contributed by atoms with Crippen LogP contribution in [0, 0.1) is 20.8 Å². The monoisotopic (exact) mass is 263 g/mol. The average molecular weight is 263 g/mol. The maximum atomic E-state index is 6.07. The summed E-state index contributed by atoms with van der Waals surface area (Å²) in [5.74, 6) is 1.02. The molecular weight excluding hydrogens is 234 g/mol.